The normalized spacial score (nSPS) is 20.7. The van der Waals surface area contributed by atoms with Gasteiger partial charge in [-0.15, -0.1) is 13.2 Å². The average Bonchev–Trinajstić information content (AvgIpc) is 3.26. The third-order valence-electron chi connectivity index (χ3n) is 6.50. The number of halogens is 5. The average molecular weight is 473 g/mol. The molecule has 6 rings (SSSR count). The second-order valence-corrected chi connectivity index (χ2v) is 8.61. The summed E-state index contributed by atoms with van der Waals surface area (Å²) >= 11 is 0. The summed E-state index contributed by atoms with van der Waals surface area (Å²) in [5, 5.41) is 0. The van der Waals surface area contributed by atoms with E-state index in [1.54, 1.807) is 18.2 Å². The predicted molar refractivity (Wildman–Crippen MR) is 111 cm³/mol. The fourth-order valence-corrected chi connectivity index (χ4v) is 4.72. The zero-order valence-electron chi connectivity index (χ0n) is 17.4. The highest BCUT2D eigenvalue weighted by molar-refractivity contribution is 6.04. The summed E-state index contributed by atoms with van der Waals surface area (Å²) in [6, 6.07) is 6.15. The Kier molecular flexibility index (Phi) is 4.36. The number of amides is 1. The molecule has 2 fully saturated rings. The highest BCUT2D eigenvalue weighted by atomic mass is 19.4. The van der Waals surface area contributed by atoms with Gasteiger partial charge in [0.05, 0.1) is 35.0 Å². The van der Waals surface area contributed by atoms with Crippen molar-refractivity contribution < 1.29 is 26.7 Å². The molecular formula is C23H16F5N5O. The van der Waals surface area contributed by atoms with Crippen LogP contribution in [0, 0.1) is 23.5 Å². The molecule has 11 heteroatoms. The van der Waals surface area contributed by atoms with Gasteiger partial charge in [-0.05, 0) is 49.1 Å². The third-order valence-corrected chi connectivity index (χ3v) is 6.50. The summed E-state index contributed by atoms with van der Waals surface area (Å²) < 4.78 is 69.2. The van der Waals surface area contributed by atoms with E-state index in [1.807, 2.05) is 0 Å². The number of H-pyrrole nitrogens is 1. The Hall–Kier alpha value is -3.76. The molecule has 1 saturated carbocycles. The molecule has 1 aliphatic heterocycles. The van der Waals surface area contributed by atoms with Crippen LogP contribution in [0.25, 0.3) is 22.3 Å². The first-order valence-electron chi connectivity index (χ1n) is 10.6. The lowest BCUT2D eigenvalue weighted by molar-refractivity contribution is -0.204. The van der Waals surface area contributed by atoms with Gasteiger partial charge < -0.3 is 9.88 Å². The second-order valence-electron chi connectivity index (χ2n) is 8.61. The van der Waals surface area contributed by atoms with Crippen molar-refractivity contribution in [3.63, 3.8) is 0 Å². The lowest BCUT2D eigenvalue weighted by Crippen LogP contribution is -2.56. The minimum atomic E-state index is -4.69. The number of hydrogen-bond acceptors (Lipinski definition) is 3. The van der Waals surface area contributed by atoms with Crippen LogP contribution < -0.4 is 4.90 Å². The first-order chi connectivity index (χ1) is 16.2. The van der Waals surface area contributed by atoms with E-state index < -0.39 is 29.9 Å². The van der Waals surface area contributed by atoms with Gasteiger partial charge in [0.2, 0.25) is 5.91 Å². The molecule has 2 aromatic heterocycles. The van der Waals surface area contributed by atoms with Crippen LogP contribution in [-0.2, 0) is 11.1 Å². The molecule has 0 bridgehead atoms. The summed E-state index contributed by atoms with van der Waals surface area (Å²) in [6.07, 6.45) is -0.374. The van der Waals surface area contributed by atoms with Crippen LogP contribution in [0.15, 0.2) is 49.2 Å². The van der Waals surface area contributed by atoms with Crippen molar-refractivity contribution in [3.8, 4) is 11.3 Å². The van der Waals surface area contributed by atoms with Crippen molar-refractivity contribution >= 4 is 22.6 Å². The Morgan fingerprint density at radius 2 is 1.76 bits per heavy atom. The Bertz CT molecular complexity index is 1410. The molecule has 174 valence electrons. The lowest BCUT2D eigenvalue weighted by atomic mass is 9.78. The molecule has 2 aliphatic rings. The van der Waals surface area contributed by atoms with Crippen LogP contribution in [0.3, 0.4) is 0 Å². The summed E-state index contributed by atoms with van der Waals surface area (Å²) in [5.41, 5.74) is 1.21. The maximum absolute atomic E-state index is 15.3. The number of nitrogens with zero attached hydrogens (tertiary/aromatic N) is 4. The molecule has 1 aliphatic carbocycles. The monoisotopic (exact) mass is 473 g/mol. The molecule has 0 unspecified atom stereocenters. The van der Waals surface area contributed by atoms with Crippen molar-refractivity contribution in [2.24, 2.45) is 11.8 Å². The second kappa shape index (κ2) is 7.12. The van der Waals surface area contributed by atoms with Crippen molar-refractivity contribution in [2.75, 3.05) is 4.90 Å². The van der Waals surface area contributed by atoms with Crippen LogP contribution in [0.1, 0.15) is 24.4 Å². The smallest absolute Gasteiger partial charge is 0.345 e. The number of alkyl halides is 3. The number of fused-ring (bicyclic) bond motifs is 1. The van der Waals surface area contributed by atoms with Gasteiger partial charge in [0.1, 0.15) is 18.0 Å². The highest BCUT2D eigenvalue weighted by Crippen LogP contribution is 2.55. The van der Waals surface area contributed by atoms with Crippen LogP contribution in [-0.4, -0.2) is 25.4 Å². The van der Waals surface area contributed by atoms with E-state index in [4.69, 9.17) is 0 Å². The number of nitrogens with one attached hydrogen (secondary N) is 1. The van der Waals surface area contributed by atoms with E-state index >= 15 is 8.78 Å². The Balaban J connectivity index is 1.41. The molecule has 1 amide bonds. The van der Waals surface area contributed by atoms with Crippen molar-refractivity contribution in [1.82, 2.24) is 19.5 Å². The largest absolute Gasteiger partial charge is 0.489 e. The van der Waals surface area contributed by atoms with Crippen molar-refractivity contribution in [1.29, 1.82) is 0 Å². The van der Waals surface area contributed by atoms with Gasteiger partial charge in [-0.2, -0.15) is 0 Å². The van der Waals surface area contributed by atoms with Gasteiger partial charge in [-0.1, -0.05) is 0 Å². The third kappa shape index (κ3) is 3.17. The molecule has 3 heterocycles. The summed E-state index contributed by atoms with van der Waals surface area (Å²) in [7, 11) is 0. The molecular weight excluding hydrogens is 457 g/mol. The summed E-state index contributed by atoms with van der Waals surface area (Å²) in [4.78, 5) is 25.2. The van der Waals surface area contributed by atoms with Gasteiger partial charge in [0.25, 0.3) is 0 Å². The van der Waals surface area contributed by atoms with Gasteiger partial charge in [0, 0.05) is 23.0 Å². The number of carbonyl (C=O) groups is 1. The number of β-lactam (4-membered cyclic amide) rings is 1. The summed E-state index contributed by atoms with van der Waals surface area (Å²) in [6.45, 7) is 0. The van der Waals surface area contributed by atoms with E-state index in [-0.39, 0.29) is 33.2 Å². The molecule has 0 radical (unpaired) electrons. The number of aromatic amines is 1. The SMILES string of the molecule is O=C1[C@H](C2CC2)[C@H](c2c(F)cc(-c3cn(C(F)(F)F)cn3)cc2F)N1c1ccc2[nH]cnc2c1. The highest BCUT2D eigenvalue weighted by Gasteiger charge is 2.56. The molecule has 2 aromatic carbocycles. The topological polar surface area (TPSA) is 66.8 Å². The van der Waals surface area contributed by atoms with Crippen molar-refractivity contribution in [3.05, 3.63) is 66.4 Å². The van der Waals surface area contributed by atoms with Crippen LogP contribution >= 0.6 is 0 Å². The first kappa shape index (κ1) is 20.8. The van der Waals surface area contributed by atoms with Crippen molar-refractivity contribution in [2.45, 2.75) is 25.2 Å². The van der Waals surface area contributed by atoms with Crippen LogP contribution in [0.4, 0.5) is 27.6 Å². The molecule has 0 spiro atoms. The molecule has 1 N–H and O–H groups in total. The molecule has 2 atom stereocenters. The van der Waals surface area contributed by atoms with E-state index in [9.17, 15) is 18.0 Å². The zero-order valence-corrected chi connectivity index (χ0v) is 17.4. The van der Waals surface area contributed by atoms with E-state index in [0.717, 1.165) is 30.5 Å². The first-order valence-corrected chi connectivity index (χ1v) is 10.6. The number of benzene rings is 2. The predicted octanol–water partition coefficient (Wildman–Crippen LogP) is 5.30. The van der Waals surface area contributed by atoms with Crippen LogP contribution in [0.2, 0.25) is 0 Å². The van der Waals surface area contributed by atoms with Gasteiger partial charge in [-0.3, -0.25) is 4.79 Å². The van der Waals surface area contributed by atoms with Crippen LogP contribution in [0.5, 0.6) is 0 Å². The van der Waals surface area contributed by atoms with E-state index in [0.29, 0.717) is 23.7 Å². The molecule has 1 saturated heterocycles. The maximum atomic E-state index is 15.3. The molecule has 6 nitrogen and oxygen atoms in total. The van der Waals surface area contributed by atoms with Gasteiger partial charge >= 0.3 is 6.30 Å². The Labute approximate surface area is 189 Å². The minimum Gasteiger partial charge on any atom is -0.345 e. The maximum Gasteiger partial charge on any atom is 0.489 e. The van der Waals surface area contributed by atoms with Gasteiger partial charge in [-0.25, -0.2) is 23.3 Å². The molecule has 34 heavy (non-hydrogen) atoms. The standard InChI is InChI=1S/C23H16F5N5O/c24-14-5-12(18-8-32(10-31-18)23(26,27)28)6-15(25)20(14)21-19(11-1-2-11)22(34)33(21)13-3-4-16-17(7-13)30-9-29-16/h3-11,19,21H,1-2H2,(H,29,30)/t19-,21-/m1/s1. The van der Waals surface area contributed by atoms with Gasteiger partial charge in [0.15, 0.2) is 0 Å². The Morgan fingerprint density at radius 3 is 2.41 bits per heavy atom. The number of aromatic nitrogens is 4. The fourth-order valence-electron chi connectivity index (χ4n) is 4.72. The fraction of sp³-hybridized carbons (Fsp3) is 0.261. The van der Waals surface area contributed by atoms with E-state index in [2.05, 4.69) is 15.0 Å². The quantitative estimate of drug-likeness (QED) is 0.323. The number of carbonyl (C=O) groups excluding carboxylic acids is 1. The number of anilines is 1. The summed E-state index contributed by atoms with van der Waals surface area (Å²) in [5.74, 6) is -2.61. The number of hydrogen-bond donors (Lipinski definition) is 1. The zero-order chi connectivity index (χ0) is 23.8. The van der Waals surface area contributed by atoms with E-state index in [1.165, 1.54) is 11.2 Å². The molecule has 4 aromatic rings. The number of rotatable bonds is 4. The Morgan fingerprint density at radius 1 is 1.03 bits per heavy atom. The number of imidazole rings is 2. The minimum absolute atomic E-state index is 0.0452. The lowest BCUT2D eigenvalue weighted by Gasteiger charge is -2.48.